The number of nitrogens with zero attached hydrogens (tertiary/aromatic N) is 3. The summed E-state index contributed by atoms with van der Waals surface area (Å²) >= 11 is 0. The van der Waals surface area contributed by atoms with Gasteiger partial charge in [-0.25, -0.2) is 9.78 Å². The number of aliphatic hydroxyl groups is 1. The molecule has 1 aliphatic rings. The zero-order chi connectivity index (χ0) is 19.1. The standard InChI is InChI=1S/C20H22N4O3/c1-4-27-20(26)14-10-21-19-16(11(2)23-24(19)3)18(14)22-17-13-8-6-5-7-12(13)9-15(17)25/h5-8,10,15,17,25H,4,9H2,1-3H3,(H,21,22)/t15?,17-/m0/s1. The first-order valence-corrected chi connectivity index (χ1v) is 9.03. The lowest BCUT2D eigenvalue weighted by Gasteiger charge is -2.21. The van der Waals surface area contributed by atoms with Crippen LogP contribution in [0.2, 0.25) is 0 Å². The van der Waals surface area contributed by atoms with Crippen molar-refractivity contribution in [2.75, 3.05) is 11.9 Å². The Morgan fingerprint density at radius 2 is 2.19 bits per heavy atom. The minimum absolute atomic E-state index is 0.275. The maximum Gasteiger partial charge on any atom is 0.341 e. The van der Waals surface area contributed by atoms with Gasteiger partial charge in [-0.1, -0.05) is 24.3 Å². The minimum Gasteiger partial charge on any atom is -0.462 e. The van der Waals surface area contributed by atoms with Crippen LogP contribution in [0.25, 0.3) is 11.0 Å². The Kier molecular flexibility index (Phi) is 4.31. The number of carbonyl (C=O) groups excluding carboxylic acids is 1. The second kappa shape index (κ2) is 6.66. The average molecular weight is 366 g/mol. The molecule has 2 N–H and O–H groups in total. The normalized spacial score (nSPS) is 18.5. The van der Waals surface area contributed by atoms with Gasteiger partial charge < -0.3 is 15.2 Å². The fourth-order valence-corrected chi connectivity index (χ4v) is 3.83. The molecule has 1 aromatic carbocycles. The van der Waals surface area contributed by atoms with Crippen molar-refractivity contribution in [1.29, 1.82) is 0 Å². The smallest absolute Gasteiger partial charge is 0.341 e. The van der Waals surface area contributed by atoms with Crippen molar-refractivity contribution in [3.05, 3.63) is 52.8 Å². The molecule has 0 aliphatic heterocycles. The van der Waals surface area contributed by atoms with Crippen molar-refractivity contribution < 1.29 is 14.6 Å². The van der Waals surface area contributed by atoms with Crippen molar-refractivity contribution in [2.45, 2.75) is 32.4 Å². The number of rotatable bonds is 4. The SMILES string of the molecule is CCOC(=O)c1cnc2c(c(C)nn2C)c1N[C@H]1c2ccccc2CC1O. The van der Waals surface area contributed by atoms with E-state index in [0.717, 1.165) is 22.2 Å². The topological polar surface area (TPSA) is 89.3 Å². The first kappa shape index (κ1) is 17.5. The molecule has 3 aromatic rings. The highest BCUT2D eigenvalue weighted by molar-refractivity contribution is 6.05. The fraction of sp³-hybridized carbons (Fsp3) is 0.350. The largest absolute Gasteiger partial charge is 0.462 e. The Morgan fingerprint density at radius 3 is 2.96 bits per heavy atom. The second-order valence-electron chi connectivity index (χ2n) is 6.77. The lowest BCUT2D eigenvalue weighted by Crippen LogP contribution is -2.23. The summed E-state index contributed by atoms with van der Waals surface area (Å²) in [6.45, 7) is 3.92. The number of carbonyl (C=O) groups is 1. The van der Waals surface area contributed by atoms with Gasteiger partial charge >= 0.3 is 5.97 Å². The number of nitrogens with one attached hydrogen (secondary N) is 1. The molecule has 0 saturated heterocycles. The molecule has 7 nitrogen and oxygen atoms in total. The van der Waals surface area contributed by atoms with Gasteiger partial charge in [-0.15, -0.1) is 0 Å². The van der Waals surface area contributed by atoms with E-state index in [-0.39, 0.29) is 12.6 Å². The summed E-state index contributed by atoms with van der Waals surface area (Å²) in [5.74, 6) is -0.446. The van der Waals surface area contributed by atoms with Gasteiger partial charge in [0.25, 0.3) is 0 Å². The van der Waals surface area contributed by atoms with E-state index in [1.165, 1.54) is 6.20 Å². The zero-order valence-corrected chi connectivity index (χ0v) is 15.6. The molecule has 2 atom stereocenters. The summed E-state index contributed by atoms with van der Waals surface area (Å²) in [6, 6.07) is 7.62. The van der Waals surface area contributed by atoms with Crippen LogP contribution in [0, 0.1) is 6.92 Å². The first-order valence-electron chi connectivity index (χ1n) is 9.03. The molecule has 7 heteroatoms. The molecule has 0 bridgehead atoms. The average Bonchev–Trinajstić information content (AvgIpc) is 3.12. The van der Waals surface area contributed by atoms with Crippen LogP contribution in [0.1, 0.15) is 40.1 Å². The molecule has 0 fully saturated rings. The zero-order valence-electron chi connectivity index (χ0n) is 15.6. The first-order chi connectivity index (χ1) is 13.0. The molecule has 0 radical (unpaired) electrons. The maximum atomic E-state index is 12.5. The Labute approximate surface area is 157 Å². The third-order valence-corrected chi connectivity index (χ3v) is 5.03. The molecule has 2 heterocycles. The molecule has 0 spiro atoms. The highest BCUT2D eigenvalue weighted by Gasteiger charge is 2.33. The molecular formula is C20H22N4O3. The lowest BCUT2D eigenvalue weighted by molar-refractivity contribution is 0.0527. The van der Waals surface area contributed by atoms with Crippen LogP contribution < -0.4 is 5.32 Å². The van der Waals surface area contributed by atoms with E-state index in [1.54, 1.807) is 11.6 Å². The van der Waals surface area contributed by atoms with Gasteiger partial charge in [0.2, 0.25) is 0 Å². The van der Waals surface area contributed by atoms with Crippen molar-refractivity contribution in [1.82, 2.24) is 14.8 Å². The van der Waals surface area contributed by atoms with Crippen LogP contribution in [0.5, 0.6) is 0 Å². The summed E-state index contributed by atoms with van der Waals surface area (Å²) in [4.78, 5) is 16.9. The van der Waals surface area contributed by atoms with Crippen LogP contribution in [-0.4, -0.2) is 38.6 Å². The Hall–Kier alpha value is -2.93. The van der Waals surface area contributed by atoms with Gasteiger partial charge in [-0.2, -0.15) is 5.10 Å². The van der Waals surface area contributed by atoms with Gasteiger partial charge in [0.1, 0.15) is 5.56 Å². The monoisotopic (exact) mass is 366 g/mol. The predicted molar refractivity (Wildman–Crippen MR) is 102 cm³/mol. The maximum absolute atomic E-state index is 12.5. The molecule has 27 heavy (non-hydrogen) atoms. The number of aliphatic hydroxyl groups excluding tert-OH is 1. The van der Waals surface area contributed by atoms with E-state index in [4.69, 9.17) is 4.74 Å². The molecule has 2 aromatic heterocycles. The van der Waals surface area contributed by atoms with E-state index in [9.17, 15) is 9.90 Å². The number of aromatic nitrogens is 3. The van der Waals surface area contributed by atoms with E-state index in [1.807, 2.05) is 38.2 Å². The van der Waals surface area contributed by atoms with E-state index >= 15 is 0 Å². The van der Waals surface area contributed by atoms with Crippen LogP contribution >= 0.6 is 0 Å². The van der Waals surface area contributed by atoms with E-state index in [2.05, 4.69) is 15.4 Å². The molecule has 1 aliphatic carbocycles. The van der Waals surface area contributed by atoms with E-state index < -0.39 is 12.1 Å². The number of hydrogen-bond acceptors (Lipinski definition) is 6. The lowest BCUT2D eigenvalue weighted by atomic mass is 10.1. The second-order valence-corrected chi connectivity index (χ2v) is 6.77. The number of aryl methyl sites for hydroxylation is 2. The van der Waals surface area contributed by atoms with Crippen molar-refractivity contribution in [3.8, 4) is 0 Å². The third kappa shape index (κ3) is 2.84. The third-order valence-electron chi connectivity index (χ3n) is 5.03. The number of pyridine rings is 1. The highest BCUT2D eigenvalue weighted by atomic mass is 16.5. The van der Waals surface area contributed by atoms with Gasteiger partial charge in [-0.05, 0) is 25.0 Å². The molecule has 4 rings (SSSR count). The Bertz CT molecular complexity index is 1030. The summed E-state index contributed by atoms with van der Waals surface area (Å²) in [6.07, 6.45) is 1.50. The van der Waals surface area contributed by atoms with Gasteiger partial charge in [0.15, 0.2) is 5.65 Å². The molecular weight excluding hydrogens is 344 g/mol. The number of anilines is 1. The van der Waals surface area contributed by atoms with Crippen LogP contribution in [0.3, 0.4) is 0 Å². The van der Waals surface area contributed by atoms with E-state index in [0.29, 0.717) is 23.3 Å². The number of hydrogen-bond donors (Lipinski definition) is 2. The highest BCUT2D eigenvalue weighted by Crippen LogP contribution is 2.38. The summed E-state index contributed by atoms with van der Waals surface area (Å²) < 4.78 is 6.90. The Balaban J connectivity index is 1.87. The van der Waals surface area contributed by atoms with Gasteiger partial charge in [0.05, 0.1) is 35.5 Å². The summed E-state index contributed by atoms with van der Waals surface area (Å²) in [5.41, 5.74) is 4.51. The van der Waals surface area contributed by atoms with Crippen molar-refractivity contribution >= 4 is 22.7 Å². The van der Waals surface area contributed by atoms with Gasteiger partial charge in [-0.3, -0.25) is 4.68 Å². The summed E-state index contributed by atoms with van der Waals surface area (Å²) in [7, 11) is 1.82. The fourth-order valence-electron chi connectivity index (χ4n) is 3.83. The number of esters is 1. The summed E-state index contributed by atoms with van der Waals surface area (Å²) in [5, 5.41) is 19.2. The minimum atomic E-state index is -0.586. The number of benzene rings is 1. The molecule has 0 saturated carbocycles. The number of fused-ring (bicyclic) bond motifs is 2. The number of ether oxygens (including phenoxy) is 1. The molecule has 1 unspecified atom stereocenters. The molecule has 0 amide bonds. The van der Waals surface area contributed by atoms with Crippen LogP contribution in [0.4, 0.5) is 5.69 Å². The van der Waals surface area contributed by atoms with Gasteiger partial charge in [0, 0.05) is 19.7 Å². The molecule has 140 valence electrons. The quantitative estimate of drug-likeness (QED) is 0.690. The van der Waals surface area contributed by atoms with Crippen LogP contribution in [0.15, 0.2) is 30.5 Å². The predicted octanol–water partition coefficient (Wildman–Crippen LogP) is 2.52. The van der Waals surface area contributed by atoms with Crippen molar-refractivity contribution in [3.63, 3.8) is 0 Å². The van der Waals surface area contributed by atoms with Crippen LogP contribution in [-0.2, 0) is 18.2 Å². The Morgan fingerprint density at radius 1 is 1.41 bits per heavy atom. The van der Waals surface area contributed by atoms with Crippen molar-refractivity contribution in [2.24, 2.45) is 7.05 Å².